The van der Waals surface area contributed by atoms with Gasteiger partial charge in [0.25, 0.3) is 5.91 Å². The van der Waals surface area contributed by atoms with Gasteiger partial charge in [-0.3, -0.25) is 4.79 Å². The van der Waals surface area contributed by atoms with E-state index < -0.39 is 0 Å². The average molecular weight is 358 g/mol. The molecule has 1 aliphatic heterocycles. The molecule has 0 spiro atoms. The maximum atomic E-state index is 12.6. The monoisotopic (exact) mass is 357 g/mol. The number of aryl methyl sites for hydroxylation is 1. The maximum absolute atomic E-state index is 12.6. The van der Waals surface area contributed by atoms with E-state index in [1.165, 1.54) is 11.1 Å². The standard InChI is InChI=1S/C18H16BrNO2/c19-14-6-8-17-13(9-14)10-20(18(21)11-22-17)16-7-5-12-3-1-2-4-15(12)16/h1-4,6,8-9,16H,5,7,10-11H2. The van der Waals surface area contributed by atoms with Gasteiger partial charge < -0.3 is 9.64 Å². The van der Waals surface area contributed by atoms with Crippen LogP contribution in [0.25, 0.3) is 0 Å². The third-order valence-electron chi connectivity index (χ3n) is 4.51. The molecule has 2 aromatic rings. The van der Waals surface area contributed by atoms with Gasteiger partial charge in [0.15, 0.2) is 6.61 Å². The average Bonchev–Trinajstić information content (AvgIpc) is 2.88. The van der Waals surface area contributed by atoms with Crippen molar-refractivity contribution in [1.29, 1.82) is 0 Å². The fourth-order valence-electron chi connectivity index (χ4n) is 3.45. The fraction of sp³-hybridized carbons (Fsp3) is 0.278. The summed E-state index contributed by atoms with van der Waals surface area (Å²) in [5.41, 5.74) is 3.71. The van der Waals surface area contributed by atoms with E-state index in [1.807, 2.05) is 23.1 Å². The van der Waals surface area contributed by atoms with Crippen LogP contribution >= 0.6 is 15.9 Å². The summed E-state index contributed by atoms with van der Waals surface area (Å²) in [5.74, 6) is 0.874. The number of amides is 1. The van der Waals surface area contributed by atoms with Gasteiger partial charge in [-0.2, -0.15) is 0 Å². The molecule has 22 heavy (non-hydrogen) atoms. The number of carbonyl (C=O) groups is 1. The summed E-state index contributed by atoms with van der Waals surface area (Å²) in [5, 5.41) is 0. The first-order valence-corrected chi connectivity index (χ1v) is 8.30. The Bertz CT molecular complexity index is 744. The number of hydrogen-bond donors (Lipinski definition) is 0. The highest BCUT2D eigenvalue weighted by Crippen LogP contribution is 2.38. The van der Waals surface area contributed by atoms with Crippen molar-refractivity contribution in [3.8, 4) is 5.75 Å². The fourth-order valence-corrected chi connectivity index (χ4v) is 3.86. The zero-order valence-corrected chi connectivity index (χ0v) is 13.7. The summed E-state index contributed by atoms with van der Waals surface area (Å²) < 4.78 is 6.69. The van der Waals surface area contributed by atoms with E-state index in [1.54, 1.807) is 0 Å². The van der Waals surface area contributed by atoms with Crippen LogP contribution in [0.5, 0.6) is 5.75 Å². The van der Waals surface area contributed by atoms with Gasteiger partial charge in [-0.25, -0.2) is 0 Å². The highest BCUT2D eigenvalue weighted by atomic mass is 79.9. The molecular weight excluding hydrogens is 342 g/mol. The first-order chi connectivity index (χ1) is 10.7. The Hall–Kier alpha value is -1.81. The first-order valence-electron chi connectivity index (χ1n) is 7.51. The molecule has 4 heteroatoms. The van der Waals surface area contributed by atoms with E-state index in [4.69, 9.17) is 4.74 Å². The third-order valence-corrected chi connectivity index (χ3v) is 5.01. The van der Waals surface area contributed by atoms with Crippen LogP contribution in [0.4, 0.5) is 0 Å². The molecule has 0 aromatic heterocycles. The Kier molecular flexibility index (Phi) is 3.41. The van der Waals surface area contributed by atoms with E-state index >= 15 is 0 Å². The minimum Gasteiger partial charge on any atom is -0.483 e. The third kappa shape index (κ3) is 2.31. The first kappa shape index (κ1) is 13.8. The lowest BCUT2D eigenvalue weighted by molar-refractivity contribution is -0.135. The number of rotatable bonds is 1. The molecule has 0 saturated heterocycles. The normalized spacial score (nSPS) is 20.1. The van der Waals surface area contributed by atoms with Gasteiger partial charge in [0.05, 0.1) is 12.6 Å². The molecular formula is C18H16BrNO2. The topological polar surface area (TPSA) is 29.5 Å². The lowest BCUT2D eigenvalue weighted by Crippen LogP contribution is -2.35. The minimum atomic E-state index is 0.0639. The van der Waals surface area contributed by atoms with Crippen LogP contribution in [0, 0.1) is 0 Å². The molecule has 0 bridgehead atoms. The highest BCUT2D eigenvalue weighted by molar-refractivity contribution is 9.10. The van der Waals surface area contributed by atoms with Crippen molar-refractivity contribution in [2.24, 2.45) is 0 Å². The van der Waals surface area contributed by atoms with Crippen LogP contribution in [-0.4, -0.2) is 17.4 Å². The molecule has 2 aromatic carbocycles. The molecule has 0 saturated carbocycles. The molecule has 1 atom stereocenters. The Labute approximate surface area is 138 Å². The molecule has 3 nitrogen and oxygen atoms in total. The lowest BCUT2D eigenvalue weighted by atomic mass is 10.1. The van der Waals surface area contributed by atoms with Crippen molar-refractivity contribution in [1.82, 2.24) is 4.90 Å². The SMILES string of the molecule is O=C1COc2ccc(Br)cc2CN1C1CCc2ccccc21. The smallest absolute Gasteiger partial charge is 0.261 e. The summed E-state index contributed by atoms with van der Waals surface area (Å²) in [6, 6.07) is 14.5. The molecule has 0 N–H and O–H groups in total. The predicted molar refractivity (Wildman–Crippen MR) is 87.7 cm³/mol. The Morgan fingerprint density at radius 1 is 1.14 bits per heavy atom. The number of carbonyl (C=O) groups excluding carboxylic acids is 1. The Morgan fingerprint density at radius 3 is 2.91 bits per heavy atom. The van der Waals surface area contributed by atoms with Gasteiger partial charge in [-0.05, 0) is 42.2 Å². The van der Waals surface area contributed by atoms with Gasteiger partial charge in [-0.1, -0.05) is 40.2 Å². The number of ether oxygens (including phenoxy) is 1. The van der Waals surface area contributed by atoms with Crippen molar-refractivity contribution in [3.05, 3.63) is 63.6 Å². The van der Waals surface area contributed by atoms with Crippen LogP contribution in [0.1, 0.15) is 29.2 Å². The second-order valence-electron chi connectivity index (χ2n) is 5.82. The molecule has 1 unspecified atom stereocenters. The van der Waals surface area contributed by atoms with Crippen LogP contribution in [-0.2, 0) is 17.8 Å². The molecule has 4 rings (SSSR count). The van der Waals surface area contributed by atoms with Crippen LogP contribution in [0.15, 0.2) is 46.9 Å². The number of hydrogen-bond acceptors (Lipinski definition) is 2. The molecule has 112 valence electrons. The predicted octanol–water partition coefficient (Wildman–Crippen LogP) is 3.86. The lowest BCUT2D eigenvalue weighted by Gasteiger charge is -2.28. The molecule has 1 amide bonds. The number of nitrogens with zero attached hydrogens (tertiary/aromatic N) is 1. The van der Waals surface area contributed by atoms with E-state index in [0.29, 0.717) is 6.54 Å². The van der Waals surface area contributed by atoms with Crippen molar-refractivity contribution in [3.63, 3.8) is 0 Å². The van der Waals surface area contributed by atoms with E-state index in [2.05, 4.69) is 40.2 Å². The number of fused-ring (bicyclic) bond motifs is 2. The summed E-state index contributed by atoms with van der Waals surface area (Å²) in [6.07, 6.45) is 2.03. The van der Waals surface area contributed by atoms with Crippen LogP contribution in [0.3, 0.4) is 0 Å². The number of halogens is 1. The van der Waals surface area contributed by atoms with Crippen molar-refractivity contribution in [2.45, 2.75) is 25.4 Å². The second-order valence-corrected chi connectivity index (χ2v) is 6.73. The molecule has 1 heterocycles. The van der Waals surface area contributed by atoms with Crippen LogP contribution < -0.4 is 4.74 Å². The molecule has 0 fully saturated rings. The van der Waals surface area contributed by atoms with E-state index in [9.17, 15) is 4.79 Å². The largest absolute Gasteiger partial charge is 0.483 e. The Morgan fingerprint density at radius 2 is 2.00 bits per heavy atom. The van der Waals surface area contributed by atoms with Crippen molar-refractivity contribution in [2.75, 3.05) is 6.61 Å². The molecule has 1 aliphatic carbocycles. The number of benzene rings is 2. The van der Waals surface area contributed by atoms with Gasteiger partial charge in [-0.15, -0.1) is 0 Å². The van der Waals surface area contributed by atoms with Crippen molar-refractivity contribution >= 4 is 21.8 Å². The Balaban J connectivity index is 1.71. The van der Waals surface area contributed by atoms with E-state index in [0.717, 1.165) is 28.6 Å². The summed E-state index contributed by atoms with van der Waals surface area (Å²) in [6.45, 7) is 0.722. The summed E-state index contributed by atoms with van der Waals surface area (Å²) in [7, 11) is 0. The molecule has 0 radical (unpaired) electrons. The minimum absolute atomic E-state index is 0.0639. The van der Waals surface area contributed by atoms with Crippen molar-refractivity contribution < 1.29 is 9.53 Å². The zero-order valence-electron chi connectivity index (χ0n) is 12.1. The second kappa shape index (κ2) is 5.43. The maximum Gasteiger partial charge on any atom is 0.261 e. The quantitative estimate of drug-likeness (QED) is 0.775. The zero-order chi connectivity index (χ0) is 15.1. The van der Waals surface area contributed by atoms with Crippen LogP contribution in [0.2, 0.25) is 0 Å². The van der Waals surface area contributed by atoms with Gasteiger partial charge in [0.1, 0.15) is 5.75 Å². The van der Waals surface area contributed by atoms with Gasteiger partial charge >= 0.3 is 0 Å². The van der Waals surface area contributed by atoms with Gasteiger partial charge in [0.2, 0.25) is 0 Å². The van der Waals surface area contributed by atoms with Gasteiger partial charge in [0, 0.05) is 10.0 Å². The highest BCUT2D eigenvalue weighted by Gasteiger charge is 2.33. The summed E-state index contributed by atoms with van der Waals surface area (Å²) in [4.78, 5) is 14.5. The molecule has 2 aliphatic rings. The summed E-state index contributed by atoms with van der Waals surface area (Å²) >= 11 is 3.50. The van der Waals surface area contributed by atoms with E-state index in [-0.39, 0.29) is 18.6 Å².